The van der Waals surface area contributed by atoms with Crippen LogP contribution in [0, 0.1) is 0 Å². The van der Waals surface area contributed by atoms with Crippen molar-refractivity contribution in [2.75, 3.05) is 5.32 Å². The smallest absolute Gasteiger partial charge is 0.328 e. The SMILES string of the molecule is O=C(O)C=Cc1cccc(NC(=O)CCc2ccccc2)c1. The first kappa shape index (κ1) is 15.5. The third kappa shape index (κ3) is 5.25. The van der Waals surface area contributed by atoms with Crippen molar-refractivity contribution in [2.45, 2.75) is 12.8 Å². The van der Waals surface area contributed by atoms with Crippen molar-refractivity contribution < 1.29 is 14.7 Å². The molecule has 4 nitrogen and oxygen atoms in total. The molecule has 0 saturated heterocycles. The highest BCUT2D eigenvalue weighted by Crippen LogP contribution is 2.13. The summed E-state index contributed by atoms with van der Waals surface area (Å²) in [5, 5.41) is 11.4. The highest BCUT2D eigenvalue weighted by molar-refractivity contribution is 5.91. The maximum Gasteiger partial charge on any atom is 0.328 e. The number of carbonyl (C=O) groups is 2. The number of hydrogen-bond acceptors (Lipinski definition) is 2. The number of anilines is 1. The van der Waals surface area contributed by atoms with Crippen LogP contribution in [0.5, 0.6) is 0 Å². The Labute approximate surface area is 129 Å². The summed E-state index contributed by atoms with van der Waals surface area (Å²) < 4.78 is 0. The summed E-state index contributed by atoms with van der Waals surface area (Å²) in [6.45, 7) is 0. The lowest BCUT2D eigenvalue weighted by atomic mass is 10.1. The zero-order valence-corrected chi connectivity index (χ0v) is 12.0. The van der Waals surface area contributed by atoms with Gasteiger partial charge in [-0.05, 0) is 35.8 Å². The largest absolute Gasteiger partial charge is 0.478 e. The number of carboxylic acid groups (broad SMARTS) is 1. The van der Waals surface area contributed by atoms with E-state index >= 15 is 0 Å². The summed E-state index contributed by atoms with van der Waals surface area (Å²) >= 11 is 0. The van der Waals surface area contributed by atoms with Gasteiger partial charge in [0.25, 0.3) is 0 Å². The maximum atomic E-state index is 11.9. The lowest BCUT2D eigenvalue weighted by molar-refractivity contribution is -0.131. The minimum absolute atomic E-state index is 0.0665. The molecule has 0 aliphatic rings. The minimum atomic E-state index is -1.00. The molecule has 0 unspecified atom stereocenters. The van der Waals surface area contributed by atoms with Gasteiger partial charge in [-0.2, -0.15) is 0 Å². The first-order valence-electron chi connectivity index (χ1n) is 6.98. The number of aliphatic carboxylic acids is 1. The predicted molar refractivity (Wildman–Crippen MR) is 86.5 cm³/mol. The van der Waals surface area contributed by atoms with Crippen LogP contribution < -0.4 is 5.32 Å². The lowest BCUT2D eigenvalue weighted by Gasteiger charge is -2.06. The van der Waals surface area contributed by atoms with Gasteiger partial charge in [0, 0.05) is 18.2 Å². The van der Waals surface area contributed by atoms with Gasteiger partial charge in [-0.25, -0.2) is 4.79 Å². The van der Waals surface area contributed by atoms with E-state index in [1.54, 1.807) is 24.3 Å². The van der Waals surface area contributed by atoms with E-state index in [1.165, 1.54) is 6.08 Å². The molecule has 2 rings (SSSR count). The Balaban J connectivity index is 1.91. The molecule has 1 amide bonds. The Kier molecular flexibility index (Phi) is 5.49. The zero-order valence-electron chi connectivity index (χ0n) is 12.0. The van der Waals surface area contributed by atoms with Crippen LogP contribution in [0.25, 0.3) is 6.08 Å². The van der Waals surface area contributed by atoms with Crippen molar-refractivity contribution in [3.63, 3.8) is 0 Å². The number of rotatable bonds is 6. The highest BCUT2D eigenvalue weighted by atomic mass is 16.4. The Morgan fingerprint density at radius 3 is 2.55 bits per heavy atom. The van der Waals surface area contributed by atoms with Gasteiger partial charge in [0.15, 0.2) is 0 Å². The fraction of sp³-hybridized carbons (Fsp3) is 0.111. The number of amides is 1. The molecule has 2 N–H and O–H groups in total. The quantitative estimate of drug-likeness (QED) is 0.803. The Morgan fingerprint density at radius 1 is 1.05 bits per heavy atom. The summed E-state index contributed by atoms with van der Waals surface area (Å²) in [6.07, 6.45) is 3.64. The van der Waals surface area contributed by atoms with E-state index in [2.05, 4.69) is 5.32 Å². The Bertz CT molecular complexity index is 678. The van der Waals surface area contributed by atoms with Gasteiger partial charge in [0.05, 0.1) is 0 Å². The molecule has 112 valence electrons. The van der Waals surface area contributed by atoms with Gasteiger partial charge < -0.3 is 10.4 Å². The molecule has 2 aromatic rings. The number of benzene rings is 2. The van der Waals surface area contributed by atoms with Gasteiger partial charge in [-0.3, -0.25) is 4.79 Å². The fourth-order valence-electron chi connectivity index (χ4n) is 2.01. The maximum absolute atomic E-state index is 11.9. The molecule has 0 fully saturated rings. The molecule has 0 heterocycles. The molecule has 0 aromatic heterocycles. The second-order valence-corrected chi connectivity index (χ2v) is 4.83. The minimum Gasteiger partial charge on any atom is -0.478 e. The van der Waals surface area contributed by atoms with E-state index in [0.29, 0.717) is 18.5 Å². The number of carboxylic acids is 1. The molecule has 0 radical (unpaired) electrons. The van der Waals surface area contributed by atoms with E-state index in [-0.39, 0.29) is 5.91 Å². The molecule has 0 spiro atoms. The van der Waals surface area contributed by atoms with Crippen LogP contribution in [0.15, 0.2) is 60.7 Å². The average Bonchev–Trinajstić information content (AvgIpc) is 2.52. The van der Waals surface area contributed by atoms with Crippen LogP contribution in [-0.4, -0.2) is 17.0 Å². The van der Waals surface area contributed by atoms with E-state index < -0.39 is 5.97 Å². The van der Waals surface area contributed by atoms with Gasteiger partial charge >= 0.3 is 5.97 Å². The molecule has 0 aliphatic carbocycles. The molecule has 0 bridgehead atoms. The summed E-state index contributed by atoms with van der Waals surface area (Å²) in [4.78, 5) is 22.4. The first-order chi connectivity index (χ1) is 10.6. The van der Waals surface area contributed by atoms with Gasteiger partial charge in [-0.15, -0.1) is 0 Å². The third-order valence-electron chi connectivity index (χ3n) is 3.07. The molecular formula is C18H17NO3. The number of aryl methyl sites for hydroxylation is 1. The van der Waals surface area contributed by atoms with Gasteiger partial charge in [0.1, 0.15) is 0 Å². The van der Waals surface area contributed by atoms with Crippen LogP contribution >= 0.6 is 0 Å². The van der Waals surface area contributed by atoms with Crippen molar-refractivity contribution in [3.8, 4) is 0 Å². The highest BCUT2D eigenvalue weighted by Gasteiger charge is 2.03. The molecule has 22 heavy (non-hydrogen) atoms. The van der Waals surface area contributed by atoms with Crippen molar-refractivity contribution in [1.82, 2.24) is 0 Å². The standard InChI is InChI=1S/C18H17NO3/c20-17(11-9-14-5-2-1-3-6-14)19-16-8-4-7-15(13-16)10-12-18(21)22/h1-8,10,12-13H,9,11H2,(H,19,20)(H,21,22). The van der Waals surface area contributed by atoms with E-state index in [4.69, 9.17) is 5.11 Å². The van der Waals surface area contributed by atoms with Gasteiger partial charge in [-0.1, -0.05) is 42.5 Å². The van der Waals surface area contributed by atoms with Crippen LogP contribution in [0.4, 0.5) is 5.69 Å². The van der Waals surface area contributed by atoms with Crippen molar-refractivity contribution in [1.29, 1.82) is 0 Å². The van der Waals surface area contributed by atoms with E-state index in [1.807, 2.05) is 30.3 Å². The van der Waals surface area contributed by atoms with Crippen LogP contribution in [-0.2, 0) is 16.0 Å². The lowest BCUT2D eigenvalue weighted by Crippen LogP contribution is -2.12. The Hall–Kier alpha value is -2.88. The molecule has 2 aromatic carbocycles. The number of nitrogens with one attached hydrogen (secondary N) is 1. The Morgan fingerprint density at radius 2 is 1.82 bits per heavy atom. The predicted octanol–water partition coefficient (Wildman–Crippen LogP) is 3.36. The van der Waals surface area contributed by atoms with E-state index in [0.717, 1.165) is 17.2 Å². The summed E-state index contributed by atoms with van der Waals surface area (Å²) in [6, 6.07) is 16.9. The molecule has 0 aliphatic heterocycles. The monoisotopic (exact) mass is 295 g/mol. The second kappa shape index (κ2) is 7.78. The normalized spacial score (nSPS) is 10.5. The fourth-order valence-corrected chi connectivity index (χ4v) is 2.01. The van der Waals surface area contributed by atoms with E-state index in [9.17, 15) is 9.59 Å². The zero-order chi connectivity index (χ0) is 15.8. The molecule has 0 saturated carbocycles. The topological polar surface area (TPSA) is 66.4 Å². The van der Waals surface area contributed by atoms with Gasteiger partial charge in [0.2, 0.25) is 5.91 Å². The summed E-state index contributed by atoms with van der Waals surface area (Å²) in [5.41, 5.74) is 2.50. The average molecular weight is 295 g/mol. The third-order valence-corrected chi connectivity index (χ3v) is 3.07. The van der Waals surface area contributed by atoms with Crippen LogP contribution in [0.3, 0.4) is 0 Å². The van der Waals surface area contributed by atoms with Crippen molar-refractivity contribution in [3.05, 3.63) is 71.8 Å². The molecule has 0 atom stereocenters. The van der Waals surface area contributed by atoms with Crippen LogP contribution in [0.2, 0.25) is 0 Å². The molecular weight excluding hydrogens is 278 g/mol. The first-order valence-corrected chi connectivity index (χ1v) is 6.98. The van der Waals surface area contributed by atoms with Crippen molar-refractivity contribution in [2.24, 2.45) is 0 Å². The summed E-state index contributed by atoms with van der Waals surface area (Å²) in [5.74, 6) is -1.07. The van der Waals surface area contributed by atoms with Crippen LogP contribution in [0.1, 0.15) is 17.5 Å². The second-order valence-electron chi connectivity index (χ2n) is 4.83. The summed E-state index contributed by atoms with van der Waals surface area (Å²) in [7, 11) is 0. The number of hydrogen-bond donors (Lipinski definition) is 2. The molecule has 4 heteroatoms. The van der Waals surface area contributed by atoms with Crippen molar-refractivity contribution >= 4 is 23.6 Å². The number of carbonyl (C=O) groups excluding carboxylic acids is 1.